The number of morpholine rings is 1. The number of fused-ring (bicyclic) bond motifs is 1. The van der Waals surface area contributed by atoms with E-state index in [0.717, 1.165) is 50.3 Å². The standard InChI is InChI=1S/C36H40N8O4/c45-32(39-31-19-30(31)26-6-4-5-25(17-26)22-41-13-15-48-16-14-41)23-43-24-44(29-7-2-1-3-8-29)36(35(43)47)9-11-42(12-10-36)34(46)28-18-27-21-38-40-33(27)37-20-28/h1-8,17-18,20-21,30-31H,9-16,19,22-24H2,(H,39,45)(H,37,38,40). The topological polar surface area (TPSA) is 127 Å². The molecule has 4 aromatic rings. The number of H-pyrrole nitrogens is 1. The molecule has 2 N–H and O–H groups in total. The van der Waals surface area contributed by atoms with E-state index in [9.17, 15) is 14.4 Å². The van der Waals surface area contributed by atoms with E-state index in [1.165, 1.54) is 11.1 Å². The molecular weight excluding hydrogens is 608 g/mol. The number of pyridine rings is 1. The lowest BCUT2D eigenvalue weighted by Crippen LogP contribution is -2.57. The summed E-state index contributed by atoms with van der Waals surface area (Å²) in [6.07, 6.45) is 5.05. The van der Waals surface area contributed by atoms with Crippen LogP contribution in [-0.2, 0) is 20.9 Å². The van der Waals surface area contributed by atoms with Gasteiger partial charge in [-0.05, 0) is 48.6 Å². The van der Waals surface area contributed by atoms with E-state index >= 15 is 0 Å². The molecule has 2 unspecified atom stereocenters. The van der Waals surface area contributed by atoms with Crippen LogP contribution < -0.4 is 10.2 Å². The summed E-state index contributed by atoms with van der Waals surface area (Å²) in [6, 6.07) is 20.4. The van der Waals surface area contributed by atoms with Gasteiger partial charge in [0.25, 0.3) is 11.8 Å². The predicted molar refractivity (Wildman–Crippen MR) is 179 cm³/mol. The summed E-state index contributed by atoms with van der Waals surface area (Å²) in [5.41, 5.74) is 3.77. The molecule has 2 atom stereocenters. The number of rotatable bonds is 8. The highest BCUT2D eigenvalue weighted by molar-refractivity contribution is 5.99. The van der Waals surface area contributed by atoms with Gasteiger partial charge in [0, 0.05) is 62.0 Å². The van der Waals surface area contributed by atoms with Crippen LogP contribution in [0.1, 0.15) is 46.7 Å². The highest BCUT2D eigenvalue weighted by atomic mass is 16.5. The number of aromatic amines is 1. The van der Waals surface area contributed by atoms with Crippen molar-refractivity contribution < 1.29 is 19.1 Å². The Labute approximate surface area is 279 Å². The van der Waals surface area contributed by atoms with Crippen molar-refractivity contribution in [1.29, 1.82) is 0 Å². The third-order valence-corrected chi connectivity index (χ3v) is 10.4. The van der Waals surface area contributed by atoms with Crippen molar-refractivity contribution in [3.63, 3.8) is 0 Å². The number of nitrogens with zero attached hydrogens (tertiary/aromatic N) is 6. The molecule has 4 fully saturated rings. The smallest absolute Gasteiger partial charge is 0.255 e. The first-order chi connectivity index (χ1) is 23.5. The molecule has 12 heteroatoms. The quantitative estimate of drug-likeness (QED) is 0.299. The number of hydrogen-bond acceptors (Lipinski definition) is 8. The molecule has 1 saturated carbocycles. The molecule has 2 aromatic heterocycles. The van der Waals surface area contributed by atoms with Crippen LogP contribution in [0.3, 0.4) is 0 Å². The maximum Gasteiger partial charge on any atom is 0.255 e. The average molecular weight is 649 g/mol. The molecule has 3 saturated heterocycles. The van der Waals surface area contributed by atoms with Crippen molar-refractivity contribution in [2.45, 2.75) is 43.3 Å². The van der Waals surface area contributed by atoms with Crippen molar-refractivity contribution in [2.75, 3.05) is 57.5 Å². The van der Waals surface area contributed by atoms with E-state index in [1.54, 1.807) is 28.3 Å². The van der Waals surface area contributed by atoms with Crippen molar-refractivity contribution in [3.05, 3.63) is 89.7 Å². The zero-order chi connectivity index (χ0) is 32.7. The number of hydrogen-bond donors (Lipinski definition) is 2. The first-order valence-corrected chi connectivity index (χ1v) is 16.9. The highest BCUT2D eigenvalue weighted by Gasteiger charge is 2.54. The van der Waals surface area contributed by atoms with Crippen molar-refractivity contribution in [1.82, 2.24) is 35.2 Å². The minimum Gasteiger partial charge on any atom is -0.379 e. The number of aromatic nitrogens is 3. The summed E-state index contributed by atoms with van der Waals surface area (Å²) in [4.78, 5) is 53.4. The molecule has 248 valence electrons. The second-order valence-electron chi connectivity index (χ2n) is 13.4. The molecule has 0 radical (unpaired) electrons. The lowest BCUT2D eigenvalue weighted by molar-refractivity contribution is -0.137. The van der Waals surface area contributed by atoms with Gasteiger partial charge >= 0.3 is 0 Å². The van der Waals surface area contributed by atoms with E-state index in [1.807, 2.05) is 30.3 Å². The van der Waals surface area contributed by atoms with E-state index in [0.29, 0.717) is 43.8 Å². The van der Waals surface area contributed by atoms with Gasteiger partial charge in [-0.3, -0.25) is 24.4 Å². The minimum absolute atomic E-state index is 0.00321. The Morgan fingerprint density at radius 2 is 1.79 bits per heavy atom. The fourth-order valence-electron chi connectivity index (χ4n) is 7.63. The zero-order valence-corrected chi connectivity index (χ0v) is 26.9. The number of amides is 3. The molecule has 12 nitrogen and oxygen atoms in total. The first-order valence-electron chi connectivity index (χ1n) is 16.9. The van der Waals surface area contributed by atoms with Crippen LogP contribution >= 0.6 is 0 Å². The third-order valence-electron chi connectivity index (χ3n) is 10.4. The number of nitrogens with one attached hydrogen (secondary N) is 2. The largest absolute Gasteiger partial charge is 0.379 e. The molecule has 8 rings (SSSR count). The van der Waals surface area contributed by atoms with E-state index < -0.39 is 5.54 Å². The van der Waals surface area contributed by atoms with Crippen LogP contribution in [-0.4, -0.2) is 112 Å². The Hall–Kier alpha value is -4.81. The number of benzene rings is 2. The summed E-state index contributed by atoms with van der Waals surface area (Å²) in [5, 5.41) is 10.8. The first kappa shape index (κ1) is 30.5. The number of carbonyl (C=O) groups excluding carboxylic acids is 3. The van der Waals surface area contributed by atoms with Crippen molar-refractivity contribution >= 4 is 34.4 Å². The van der Waals surface area contributed by atoms with E-state index in [4.69, 9.17) is 4.74 Å². The number of likely N-dealkylation sites (tertiary alicyclic amines) is 1. The number of piperidine rings is 1. The van der Waals surface area contributed by atoms with Crippen LogP contribution in [0.25, 0.3) is 11.0 Å². The zero-order valence-electron chi connectivity index (χ0n) is 26.9. The molecule has 1 aliphatic carbocycles. The summed E-state index contributed by atoms with van der Waals surface area (Å²) >= 11 is 0. The number of carbonyl (C=O) groups is 3. The van der Waals surface area contributed by atoms with Crippen LogP contribution in [0.15, 0.2) is 73.1 Å². The predicted octanol–water partition coefficient (Wildman–Crippen LogP) is 2.74. The van der Waals surface area contributed by atoms with Crippen molar-refractivity contribution in [3.8, 4) is 0 Å². The molecular formula is C36H40N8O4. The molecule has 48 heavy (non-hydrogen) atoms. The fourth-order valence-corrected chi connectivity index (χ4v) is 7.63. The van der Waals surface area contributed by atoms with Crippen LogP contribution in [0.5, 0.6) is 0 Å². The third kappa shape index (κ3) is 5.90. The summed E-state index contributed by atoms with van der Waals surface area (Å²) < 4.78 is 5.48. The molecule has 2 aromatic carbocycles. The van der Waals surface area contributed by atoms with Gasteiger partial charge in [-0.25, -0.2) is 4.98 Å². The Balaban J connectivity index is 0.915. The average Bonchev–Trinajstić information content (AvgIpc) is 3.63. The Kier molecular flexibility index (Phi) is 8.05. The van der Waals surface area contributed by atoms with Crippen LogP contribution in [0, 0.1) is 0 Å². The maximum atomic E-state index is 14.2. The van der Waals surface area contributed by atoms with Gasteiger partial charge in [-0.1, -0.05) is 42.5 Å². The number of ether oxygens (including phenoxy) is 1. The molecule has 3 aliphatic heterocycles. The normalized spacial score (nSPS) is 22.4. The summed E-state index contributed by atoms with van der Waals surface area (Å²) in [6.45, 7) is 5.52. The van der Waals surface area contributed by atoms with Gasteiger partial charge in [0.15, 0.2) is 5.65 Å². The van der Waals surface area contributed by atoms with Gasteiger partial charge in [0.05, 0.1) is 31.6 Å². The fraction of sp³-hybridized carbons (Fsp3) is 0.417. The second kappa shape index (κ2) is 12.7. The Morgan fingerprint density at radius 3 is 2.60 bits per heavy atom. The van der Waals surface area contributed by atoms with Gasteiger partial charge in [0.1, 0.15) is 12.1 Å². The Bertz CT molecular complexity index is 1810. The minimum atomic E-state index is -0.825. The summed E-state index contributed by atoms with van der Waals surface area (Å²) in [7, 11) is 0. The molecule has 0 bridgehead atoms. The van der Waals surface area contributed by atoms with Gasteiger partial charge in [0.2, 0.25) is 5.91 Å². The highest BCUT2D eigenvalue weighted by Crippen LogP contribution is 2.42. The monoisotopic (exact) mass is 648 g/mol. The van der Waals surface area contributed by atoms with Gasteiger partial charge in [-0.2, -0.15) is 5.10 Å². The van der Waals surface area contributed by atoms with Gasteiger partial charge < -0.3 is 24.8 Å². The summed E-state index contributed by atoms with van der Waals surface area (Å²) in [5.74, 6) is -0.0243. The lowest BCUT2D eigenvalue weighted by Gasteiger charge is -2.43. The number of anilines is 1. The van der Waals surface area contributed by atoms with E-state index in [-0.39, 0.29) is 36.2 Å². The lowest BCUT2D eigenvalue weighted by atomic mass is 9.85. The SMILES string of the molecule is O=C(CN1CN(c2ccccc2)C2(CCN(C(=O)c3cnc4[nH]ncc4c3)CC2)C1=O)NC1CC1c1cccc(CN2CCOCC2)c1. The van der Waals surface area contributed by atoms with Crippen LogP contribution in [0.2, 0.25) is 0 Å². The Morgan fingerprint density at radius 1 is 0.979 bits per heavy atom. The second-order valence-corrected chi connectivity index (χ2v) is 13.4. The van der Waals surface area contributed by atoms with Crippen LogP contribution in [0.4, 0.5) is 5.69 Å². The maximum absolute atomic E-state index is 14.2. The molecule has 1 spiro atoms. The molecule has 4 aliphatic rings. The number of para-hydroxylation sites is 1. The van der Waals surface area contributed by atoms with Gasteiger partial charge in [-0.15, -0.1) is 0 Å². The van der Waals surface area contributed by atoms with E-state index in [2.05, 4.69) is 54.6 Å². The molecule has 3 amide bonds. The molecule has 5 heterocycles. The van der Waals surface area contributed by atoms with Crippen molar-refractivity contribution in [2.24, 2.45) is 0 Å².